The normalized spacial score (nSPS) is 11.9. The van der Waals surface area contributed by atoms with Gasteiger partial charge in [-0.15, -0.1) is 0 Å². The Morgan fingerprint density at radius 3 is 2.29 bits per heavy atom. The van der Waals surface area contributed by atoms with E-state index in [2.05, 4.69) is 4.98 Å². The van der Waals surface area contributed by atoms with Crippen LogP contribution in [0.15, 0.2) is 6.07 Å². The third-order valence-corrected chi connectivity index (χ3v) is 2.57. The number of halogens is 6. The fraction of sp³-hybridized carbons (Fsp3) is 0.250. The molecule has 0 aliphatic carbocycles. The second kappa shape index (κ2) is 4.70. The van der Waals surface area contributed by atoms with Crippen LogP contribution in [0.4, 0.5) is 22.0 Å². The van der Waals surface area contributed by atoms with Gasteiger partial charge < -0.3 is 5.11 Å². The lowest BCUT2D eigenvalue weighted by Gasteiger charge is -2.12. The topological polar surface area (TPSA) is 50.2 Å². The molecule has 0 unspecified atom stereocenters. The molecule has 3 nitrogen and oxygen atoms in total. The number of nitrogens with zero attached hydrogens (tertiary/aromatic N) is 1. The van der Waals surface area contributed by atoms with Crippen molar-refractivity contribution in [2.75, 3.05) is 0 Å². The summed E-state index contributed by atoms with van der Waals surface area (Å²) in [5.74, 6) is -1.87. The molecule has 1 rings (SSSR count). The number of alkyl halides is 5. The molecule has 0 fully saturated rings. The highest BCUT2D eigenvalue weighted by Gasteiger charge is 2.39. The molecular formula is C8H3F5INO2. The van der Waals surface area contributed by atoms with E-state index in [0.29, 0.717) is 6.07 Å². The van der Waals surface area contributed by atoms with Crippen molar-refractivity contribution in [1.82, 2.24) is 4.98 Å². The number of hydrogen-bond acceptors (Lipinski definition) is 2. The Morgan fingerprint density at radius 2 is 1.94 bits per heavy atom. The predicted octanol–water partition coefficient (Wildman–Crippen LogP) is 3.34. The lowest BCUT2D eigenvalue weighted by molar-refractivity contribution is -0.142. The summed E-state index contributed by atoms with van der Waals surface area (Å²) in [7, 11) is 0. The quantitative estimate of drug-likeness (QED) is 0.645. The maximum absolute atomic E-state index is 12.4. The van der Waals surface area contributed by atoms with Gasteiger partial charge in [0.1, 0.15) is 5.69 Å². The number of hydrogen-bond donors (Lipinski definition) is 1. The lowest BCUT2D eigenvalue weighted by atomic mass is 10.1. The maximum Gasteiger partial charge on any atom is 0.434 e. The van der Waals surface area contributed by atoms with Gasteiger partial charge in [-0.2, -0.15) is 13.2 Å². The molecule has 0 aromatic carbocycles. The number of carboxylic acids is 1. The molecule has 1 N–H and O–H groups in total. The zero-order chi connectivity index (χ0) is 13.4. The number of aromatic carboxylic acids is 1. The van der Waals surface area contributed by atoms with Crippen molar-refractivity contribution in [3.8, 4) is 0 Å². The Morgan fingerprint density at radius 1 is 1.41 bits per heavy atom. The van der Waals surface area contributed by atoms with Crippen LogP contribution in [0.5, 0.6) is 0 Å². The average molecular weight is 367 g/mol. The first kappa shape index (κ1) is 14.1. The molecule has 17 heavy (non-hydrogen) atoms. The third-order valence-electron chi connectivity index (χ3n) is 1.71. The van der Waals surface area contributed by atoms with Gasteiger partial charge in [0.25, 0.3) is 6.43 Å². The van der Waals surface area contributed by atoms with Gasteiger partial charge in [-0.25, -0.2) is 18.6 Å². The summed E-state index contributed by atoms with van der Waals surface area (Å²) in [5.41, 5.74) is -4.05. The lowest BCUT2D eigenvalue weighted by Crippen LogP contribution is -2.17. The second-order valence-corrected chi connectivity index (χ2v) is 4.02. The SMILES string of the molecule is O=C(O)c1cc(I)c(C(F)F)nc1C(F)(F)F. The average Bonchev–Trinajstić information content (AvgIpc) is 2.14. The molecule has 0 atom stereocenters. The predicted molar refractivity (Wildman–Crippen MR) is 53.9 cm³/mol. The summed E-state index contributed by atoms with van der Waals surface area (Å²) in [6, 6.07) is 0.528. The molecule has 0 aliphatic rings. The van der Waals surface area contributed by atoms with E-state index >= 15 is 0 Å². The first-order chi connectivity index (χ1) is 7.64. The van der Waals surface area contributed by atoms with Crippen LogP contribution in [0.1, 0.15) is 28.2 Å². The van der Waals surface area contributed by atoms with Gasteiger partial charge in [0.05, 0.1) is 5.56 Å². The summed E-state index contributed by atoms with van der Waals surface area (Å²) in [5, 5.41) is 8.55. The highest BCUT2D eigenvalue weighted by Crippen LogP contribution is 2.34. The van der Waals surface area contributed by atoms with E-state index in [1.165, 1.54) is 22.6 Å². The second-order valence-electron chi connectivity index (χ2n) is 2.86. The van der Waals surface area contributed by atoms with Crippen molar-refractivity contribution in [2.24, 2.45) is 0 Å². The van der Waals surface area contributed by atoms with Crippen LogP contribution in [-0.4, -0.2) is 16.1 Å². The number of pyridine rings is 1. The van der Waals surface area contributed by atoms with Crippen LogP contribution in [0, 0.1) is 3.57 Å². The van der Waals surface area contributed by atoms with E-state index in [1.54, 1.807) is 0 Å². The number of aromatic nitrogens is 1. The molecule has 1 aromatic rings. The molecule has 0 bridgehead atoms. The summed E-state index contributed by atoms with van der Waals surface area (Å²) in [6.07, 6.45) is -8.30. The Kier molecular flexibility index (Phi) is 3.89. The van der Waals surface area contributed by atoms with E-state index in [9.17, 15) is 26.7 Å². The Labute approximate surface area is 105 Å². The highest BCUT2D eigenvalue weighted by molar-refractivity contribution is 14.1. The van der Waals surface area contributed by atoms with Crippen LogP contribution >= 0.6 is 22.6 Å². The summed E-state index contributed by atoms with van der Waals surface area (Å²) in [4.78, 5) is 13.3. The van der Waals surface area contributed by atoms with Gasteiger partial charge in [-0.3, -0.25) is 0 Å². The minimum atomic E-state index is -5.10. The molecule has 0 amide bonds. The van der Waals surface area contributed by atoms with Crippen molar-refractivity contribution in [3.63, 3.8) is 0 Å². The first-order valence-electron chi connectivity index (χ1n) is 3.93. The number of carbonyl (C=O) groups is 1. The Hall–Kier alpha value is -1.00. The number of rotatable bonds is 2. The van der Waals surface area contributed by atoms with Crippen molar-refractivity contribution in [2.45, 2.75) is 12.6 Å². The first-order valence-corrected chi connectivity index (χ1v) is 5.01. The summed E-state index contributed by atoms with van der Waals surface area (Å²) < 4.78 is 61.6. The van der Waals surface area contributed by atoms with E-state index in [0.717, 1.165) is 0 Å². The largest absolute Gasteiger partial charge is 0.478 e. The third kappa shape index (κ3) is 3.01. The smallest absolute Gasteiger partial charge is 0.434 e. The van der Waals surface area contributed by atoms with Crippen molar-refractivity contribution in [3.05, 3.63) is 26.6 Å². The van der Waals surface area contributed by atoms with Crippen molar-refractivity contribution < 1.29 is 31.9 Å². The Bertz CT molecular complexity index is 460. The highest BCUT2D eigenvalue weighted by atomic mass is 127. The molecule has 9 heteroatoms. The molecular weight excluding hydrogens is 364 g/mol. The van der Waals surface area contributed by atoms with Crippen molar-refractivity contribution in [1.29, 1.82) is 0 Å². The maximum atomic E-state index is 12.4. The van der Waals surface area contributed by atoms with Crippen LogP contribution in [0.25, 0.3) is 0 Å². The van der Waals surface area contributed by atoms with E-state index in [4.69, 9.17) is 5.11 Å². The minimum Gasteiger partial charge on any atom is -0.478 e. The molecule has 0 saturated heterocycles. The monoisotopic (exact) mass is 367 g/mol. The van der Waals surface area contributed by atoms with E-state index in [1.807, 2.05) is 0 Å². The van der Waals surface area contributed by atoms with Gasteiger partial charge in [0.15, 0.2) is 5.69 Å². The summed E-state index contributed by atoms with van der Waals surface area (Å²) in [6.45, 7) is 0. The molecule has 0 saturated carbocycles. The fourth-order valence-corrected chi connectivity index (χ4v) is 1.70. The molecule has 1 aromatic heterocycles. The van der Waals surface area contributed by atoms with Crippen LogP contribution in [0.2, 0.25) is 0 Å². The van der Waals surface area contributed by atoms with E-state index < -0.39 is 35.5 Å². The molecule has 0 radical (unpaired) electrons. The van der Waals surface area contributed by atoms with Gasteiger partial charge in [-0.05, 0) is 28.7 Å². The van der Waals surface area contributed by atoms with Crippen molar-refractivity contribution >= 4 is 28.6 Å². The summed E-state index contributed by atoms with van der Waals surface area (Å²) >= 11 is 1.31. The van der Waals surface area contributed by atoms with Crippen LogP contribution in [0.3, 0.4) is 0 Å². The van der Waals surface area contributed by atoms with Crippen LogP contribution < -0.4 is 0 Å². The van der Waals surface area contributed by atoms with Gasteiger partial charge in [-0.1, -0.05) is 0 Å². The van der Waals surface area contributed by atoms with Gasteiger partial charge in [0, 0.05) is 3.57 Å². The minimum absolute atomic E-state index is 0.331. The zero-order valence-corrected chi connectivity index (χ0v) is 9.88. The Balaban J connectivity index is 3.54. The van der Waals surface area contributed by atoms with E-state index in [-0.39, 0.29) is 3.57 Å². The number of carboxylic acid groups (broad SMARTS) is 1. The molecule has 0 spiro atoms. The zero-order valence-electron chi connectivity index (χ0n) is 7.73. The molecule has 1 heterocycles. The standard InChI is InChI=1S/C8H3F5INO2/c9-6(10)4-3(14)1-2(7(16)17)5(15-4)8(11,12)13/h1,6H,(H,16,17). The fourth-order valence-electron chi connectivity index (χ4n) is 1.04. The van der Waals surface area contributed by atoms with Crippen LogP contribution in [-0.2, 0) is 6.18 Å². The van der Waals surface area contributed by atoms with Gasteiger partial charge in [0.2, 0.25) is 0 Å². The molecule has 94 valence electrons. The molecule has 0 aliphatic heterocycles. The van der Waals surface area contributed by atoms with Gasteiger partial charge >= 0.3 is 12.1 Å².